The molecule has 1 aromatic rings. The topological polar surface area (TPSA) is 122 Å². The molecule has 0 aromatic heterocycles. The number of sulfone groups is 1. The van der Waals surface area contributed by atoms with Crippen LogP contribution in [0.3, 0.4) is 0 Å². The van der Waals surface area contributed by atoms with Crippen molar-refractivity contribution in [3.63, 3.8) is 0 Å². The fourth-order valence-corrected chi connectivity index (χ4v) is 2.68. The van der Waals surface area contributed by atoms with E-state index in [-0.39, 0.29) is 22.2 Å². The number of nitrogens with zero attached hydrogens (tertiary/aromatic N) is 1. The van der Waals surface area contributed by atoms with E-state index in [2.05, 4.69) is 10.5 Å². The summed E-state index contributed by atoms with van der Waals surface area (Å²) < 4.78 is 23.0. The van der Waals surface area contributed by atoms with E-state index in [1.807, 2.05) is 0 Å². The molecule has 1 aliphatic carbocycles. The first kappa shape index (κ1) is 15.3. The maximum absolute atomic E-state index is 12.2. The van der Waals surface area contributed by atoms with Crippen molar-refractivity contribution in [2.45, 2.75) is 23.8 Å². The minimum absolute atomic E-state index is 0.0508. The Bertz CT molecular complexity index is 680. The summed E-state index contributed by atoms with van der Waals surface area (Å²) in [6.07, 6.45) is 2.86. The van der Waals surface area contributed by atoms with E-state index in [1.54, 1.807) is 0 Å². The molecule has 1 amide bonds. The van der Waals surface area contributed by atoms with Gasteiger partial charge in [0.25, 0.3) is 5.91 Å². The van der Waals surface area contributed by atoms with Crippen molar-refractivity contribution in [3.8, 4) is 0 Å². The third-order valence-electron chi connectivity index (χ3n) is 3.34. The summed E-state index contributed by atoms with van der Waals surface area (Å²) in [6.45, 7) is 0. The van der Waals surface area contributed by atoms with Gasteiger partial charge in [-0.05, 0) is 37.0 Å². The average Bonchev–Trinajstić information content (AvgIpc) is 3.27. The summed E-state index contributed by atoms with van der Waals surface area (Å²) in [7, 11) is -3.38. The highest BCUT2D eigenvalue weighted by atomic mass is 32.2. The smallest absolute Gasteiger partial charge is 0.251 e. The second-order valence-corrected chi connectivity index (χ2v) is 7.13. The van der Waals surface area contributed by atoms with Gasteiger partial charge in [0.15, 0.2) is 15.7 Å². The molecule has 0 spiro atoms. The van der Waals surface area contributed by atoms with Gasteiger partial charge < -0.3 is 16.3 Å². The Kier molecular flexibility index (Phi) is 4.17. The molecule has 1 fully saturated rings. The molecule has 0 radical (unpaired) electrons. The Morgan fingerprint density at radius 2 is 2.14 bits per heavy atom. The molecule has 1 saturated carbocycles. The highest BCUT2D eigenvalue weighted by Gasteiger charge is 2.35. The number of benzene rings is 1. The third-order valence-corrected chi connectivity index (χ3v) is 4.45. The van der Waals surface area contributed by atoms with Crippen molar-refractivity contribution in [1.82, 2.24) is 5.32 Å². The van der Waals surface area contributed by atoms with Crippen molar-refractivity contribution >= 4 is 21.6 Å². The van der Waals surface area contributed by atoms with Gasteiger partial charge in [-0.2, -0.15) is 0 Å². The van der Waals surface area contributed by atoms with Crippen molar-refractivity contribution in [1.29, 1.82) is 0 Å². The zero-order valence-electron chi connectivity index (χ0n) is 11.5. The molecule has 0 aliphatic heterocycles. The van der Waals surface area contributed by atoms with Crippen molar-refractivity contribution in [2.24, 2.45) is 16.8 Å². The molecule has 0 bridgehead atoms. The lowest BCUT2D eigenvalue weighted by Gasteiger charge is -2.16. The Balaban J connectivity index is 2.20. The van der Waals surface area contributed by atoms with Gasteiger partial charge in [0.2, 0.25) is 0 Å². The molecule has 0 heterocycles. The van der Waals surface area contributed by atoms with Crippen LogP contribution in [0, 0.1) is 5.92 Å². The van der Waals surface area contributed by atoms with E-state index < -0.39 is 21.8 Å². The third kappa shape index (κ3) is 3.72. The van der Waals surface area contributed by atoms with Crippen molar-refractivity contribution in [2.75, 3.05) is 6.26 Å². The summed E-state index contributed by atoms with van der Waals surface area (Å²) in [4.78, 5) is 12.3. The Morgan fingerprint density at radius 1 is 1.48 bits per heavy atom. The lowest BCUT2D eigenvalue weighted by molar-refractivity contribution is 0.0942. The lowest BCUT2D eigenvalue weighted by atomic mass is 10.1. The van der Waals surface area contributed by atoms with Gasteiger partial charge in [-0.1, -0.05) is 11.2 Å². The molecule has 7 nitrogen and oxygen atoms in total. The van der Waals surface area contributed by atoms with Crippen molar-refractivity contribution in [3.05, 3.63) is 29.8 Å². The minimum Gasteiger partial charge on any atom is -0.409 e. The van der Waals surface area contributed by atoms with Crippen LogP contribution < -0.4 is 11.1 Å². The molecule has 21 heavy (non-hydrogen) atoms. The Morgan fingerprint density at radius 3 is 2.67 bits per heavy atom. The van der Waals surface area contributed by atoms with E-state index in [0.29, 0.717) is 0 Å². The van der Waals surface area contributed by atoms with E-state index >= 15 is 0 Å². The number of carbonyl (C=O) groups excluding carboxylic acids is 1. The number of oxime groups is 1. The van der Waals surface area contributed by atoms with Gasteiger partial charge in [0.1, 0.15) is 0 Å². The summed E-state index contributed by atoms with van der Waals surface area (Å²) in [6, 6.07) is 5.21. The van der Waals surface area contributed by atoms with E-state index in [0.717, 1.165) is 19.1 Å². The summed E-state index contributed by atoms with van der Waals surface area (Å²) in [5.41, 5.74) is 5.79. The van der Waals surface area contributed by atoms with E-state index in [9.17, 15) is 13.2 Å². The quantitative estimate of drug-likeness (QED) is 0.313. The predicted octanol–water partition coefficient (Wildman–Crippen LogP) is 0.345. The number of carbonyl (C=O) groups is 1. The first-order valence-corrected chi connectivity index (χ1v) is 8.30. The number of hydrogen-bond donors (Lipinski definition) is 3. The second-order valence-electron chi connectivity index (χ2n) is 5.11. The first-order valence-electron chi connectivity index (χ1n) is 6.41. The minimum atomic E-state index is -3.38. The molecule has 0 saturated heterocycles. The molecule has 1 aliphatic rings. The largest absolute Gasteiger partial charge is 0.409 e. The van der Waals surface area contributed by atoms with E-state index in [4.69, 9.17) is 10.9 Å². The monoisotopic (exact) mass is 311 g/mol. The summed E-state index contributed by atoms with van der Waals surface area (Å²) in [5, 5.41) is 14.4. The Hall–Kier alpha value is -2.09. The average molecular weight is 311 g/mol. The van der Waals surface area contributed by atoms with Crippen LogP contribution in [0.25, 0.3) is 0 Å². The van der Waals surface area contributed by atoms with Gasteiger partial charge in [-0.25, -0.2) is 8.42 Å². The van der Waals surface area contributed by atoms with Crippen LogP contribution >= 0.6 is 0 Å². The molecule has 8 heteroatoms. The molecular formula is C13H17N3O4S. The van der Waals surface area contributed by atoms with Gasteiger partial charge in [-0.15, -0.1) is 0 Å². The van der Waals surface area contributed by atoms with Gasteiger partial charge in [0, 0.05) is 11.8 Å². The number of nitrogens with one attached hydrogen (secondary N) is 1. The van der Waals surface area contributed by atoms with Gasteiger partial charge >= 0.3 is 0 Å². The van der Waals surface area contributed by atoms with Crippen LogP contribution in [-0.4, -0.2) is 37.7 Å². The number of rotatable bonds is 5. The molecule has 4 N–H and O–H groups in total. The molecule has 1 unspecified atom stereocenters. The number of nitrogens with two attached hydrogens (primary N) is 1. The van der Waals surface area contributed by atoms with E-state index in [1.165, 1.54) is 24.3 Å². The number of amidine groups is 1. The number of amides is 1. The normalized spacial score (nSPS) is 17.3. The van der Waals surface area contributed by atoms with Crippen LogP contribution in [0.2, 0.25) is 0 Å². The van der Waals surface area contributed by atoms with Gasteiger partial charge in [0.05, 0.1) is 10.9 Å². The lowest BCUT2D eigenvalue weighted by Crippen LogP contribution is -2.46. The fourth-order valence-electron chi connectivity index (χ4n) is 2.02. The second kappa shape index (κ2) is 5.72. The number of hydrogen-bond acceptors (Lipinski definition) is 5. The molecule has 114 valence electrons. The van der Waals surface area contributed by atoms with Gasteiger partial charge in [-0.3, -0.25) is 4.79 Å². The zero-order chi connectivity index (χ0) is 15.6. The SMILES string of the molecule is CS(=O)(=O)c1cccc(C(=O)NC(C(N)=NO)C2CC2)c1. The highest BCUT2D eigenvalue weighted by Crippen LogP contribution is 2.32. The summed E-state index contributed by atoms with van der Waals surface area (Å²) >= 11 is 0. The Labute approximate surface area is 122 Å². The molecular weight excluding hydrogens is 294 g/mol. The standard InChI is InChI=1S/C13H17N3O4S/c1-21(19,20)10-4-2-3-9(7-10)13(17)15-11(8-5-6-8)12(14)16-18/h2-4,7-8,11,18H,5-6H2,1H3,(H2,14,16)(H,15,17). The highest BCUT2D eigenvalue weighted by molar-refractivity contribution is 7.90. The molecule has 2 rings (SSSR count). The predicted molar refractivity (Wildman–Crippen MR) is 76.9 cm³/mol. The maximum atomic E-state index is 12.2. The molecule has 1 atom stereocenters. The van der Waals surface area contributed by atoms with Crippen LogP contribution in [0.5, 0.6) is 0 Å². The van der Waals surface area contributed by atoms with Crippen LogP contribution in [0.15, 0.2) is 34.3 Å². The van der Waals surface area contributed by atoms with Crippen LogP contribution in [0.4, 0.5) is 0 Å². The maximum Gasteiger partial charge on any atom is 0.251 e. The first-order chi connectivity index (χ1) is 9.82. The fraction of sp³-hybridized carbons (Fsp3) is 0.385. The van der Waals surface area contributed by atoms with Crippen molar-refractivity contribution < 1.29 is 18.4 Å². The zero-order valence-corrected chi connectivity index (χ0v) is 12.3. The van der Waals surface area contributed by atoms with Crippen LogP contribution in [0.1, 0.15) is 23.2 Å². The van der Waals surface area contributed by atoms with Crippen LogP contribution in [-0.2, 0) is 9.84 Å². The molecule has 1 aromatic carbocycles. The summed E-state index contributed by atoms with van der Waals surface area (Å²) in [5.74, 6) is -0.350.